The van der Waals surface area contributed by atoms with Gasteiger partial charge < -0.3 is 25.8 Å². The number of fused-ring (bicyclic) bond motifs is 1. The van der Waals surface area contributed by atoms with Gasteiger partial charge in [0.25, 0.3) is 0 Å². The third-order valence-corrected chi connectivity index (χ3v) is 3.28. The summed E-state index contributed by atoms with van der Waals surface area (Å²) in [7, 11) is 0. The summed E-state index contributed by atoms with van der Waals surface area (Å²) in [6.45, 7) is 2.30. The fourth-order valence-electron chi connectivity index (χ4n) is 2.29. The Bertz CT molecular complexity index is 597. The van der Waals surface area contributed by atoms with Crippen molar-refractivity contribution in [3.05, 3.63) is 34.2 Å². The summed E-state index contributed by atoms with van der Waals surface area (Å²) >= 11 is 0. The van der Waals surface area contributed by atoms with Crippen LogP contribution in [0.3, 0.4) is 0 Å². The van der Waals surface area contributed by atoms with Crippen LogP contribution in [0.5, 0.6) is 0 Å². The fourth-order valence-corrected chi connectivity index (χ4v) is 2.29. The highest BCUT2D eigenvalue weighted by molar-refractivity contribution is 5.75. The normalized spacial score (nSPS) is 22.2. The number of aromatic amines is 2. The largest absolute Gasteiger partial charge is 0.374 e. The molecule has 2 aromatic rings. The number of benzene rings is 1. The topological polar surface area (TPSA) is 95.9 Å². The van der Waals surface area contributed by atoms with Gasteiger partial charge >= 0.3 is 5.69 Å². The highest BCUT2D eigenvalue weighted by Crippen LogP contribution is 2.20. The van der Waals surface area contributed by atoms with E-state index in [1.54, 1.807) is 0 Å². The number of aromatic nitrogens is 2. The van der Waals surface area contributed by atoms with Crippen molar-refractivity contribution in [3.63, 3.8) is 0 Å². The molecule has 6 heteroatoms. The predicted molar refractivity (Wildman–Crippen MR) is 68.5 cm³/mol. The molecule has 0 aliphatic carbocycles. The summed E-state index contributed by atoms with van der Waals surface area (Å²) in [4.78, 5) is 16.6. The molecule has 0 bridgehead atoms. The van der Waals surface area contributed by atoms with Gasteiger partial charge in [0.1, 0.15) is 0 Å². The number of hydrogen-bond donors (Lipinski definition) is 4. The average molecular weight is 248 g/mol. The number of ether oxygens (including phenoxy) is 1. The van der Waals surface area contributed by atoms with Crippen LogP contribution in [0.15, 0.2) is 23.0 Å². The van der Waals surface area contributed by atoms with Crippen LogP contribution in [-0.2, 0) is 4.74 Å². The fraction of sp³-hybridized carbons (Fsp3) is 0.417. The van der Waals surface area contributed by atoms with Crippen molar-refractivity contribution in [3.8, 4) is 0 Å². The molecular formula is C12H16N4O2. The number of nitrogens with one attached hydrogen (secondary N) is 3. The molecule has 0 radical (unpaired) electrons. The zero-order valence-corrected chi connectivity index (χ0v) is 9.90. The van der Waals surface area contributed by atoms with Gasteiger partial charge in [-0.3, -0.25) is 0 Å². The molecule has 0 spiro atoms. The number of nitrogens with two attached hydrogens (primary N) is 1. The lowest BCUT2D eigenvalue weighted by molar-refractivity contribution is 0.0122. The second-order valence-electron chi connectivity index (χ2n) is 4.52. The Morgan fingerprint density at radius 2 is 2.17 bits per heavy atom. The molecule has 2 unspecified atom stereocenters. The molecule has 1 aliphatic rings. The van der Waals surface area contributed by atoms with E-state index in [1.807, 2.05) is 18.2 Å². The lowest BCUT2D eigenvalue weighted by Gasteiger charge is -2.28. The van der Waals surface area contributed by atoms with E-state index in [1.165, 1.54) is 0 Å². The molecule has 1 aromatic carbocycles. The summed E-state index contributed by atoms with van der Waals surface area (Å²) in [5.74, 6) is 0. The van der Waals surface area contributed by atoms with E-state index >= 15 is 0 Å². The molecule has 3 rings (SSSR count). The Balaban J connectivity index is 1.90. The van der Waals surface area contributed by atoms with E-state index in [4.69, 9.17) is 10.5 Å². The third-order valence-electron chi connectivity index (χ3n) is 3.28. The Labute approximate surface area is 104 Å². The first-order valence-corrected chi connectivity index (χ1v) is 6.04. The minimum atomic E-state index is -0.202. The van der Waals surface area contributed by atoms with Gasteiger partial charge in [0, 0.05) is 13.1 Å². The van der Waals surface area contributed by atoms with Gasteiger partial charge in [-0.05, 0) is 17.7 Å². The lowest BCUT2D eigenvalue weighted by Crippen LogP contribution is -2.44. The highest BCUT2D eigenvalue weighted by atomic mass is 16.5. The number of H-pyrrole nitrogens is 2. The Kier molecular flexibility index (Phi) is 2.91. The average Bonchev–Trinajstić information content (AvgIpc) is 2.78. The Hall–Kier alpha value is -1.63. The van der Waals surface area contributed by atoms with Crippen molar-refractivity contribution < 1.29 is 4.74 Å². The zero-order valence-electron chi connectivity index (χ0n) is 9.90. The van der Waals surface area contributed by atoms with Crippen molar-refractivity contribution in [1.29, 1.82) is 0 Å². The lowest BCUT2D eigenvalue weighted by atomic mass is 10.0. The Morgan fingerprint density at radius 1 is 1.33 bits per heavy atom. The quantitative estimate of drug-likeness (QED) is 0.594. The van der Waals surface area contributed by atoms with Crippen LogP contribution < -0.4 is 16.7 Å². The van der Waals surface area contributed by atoms with E-state index < -0.39 is 0 Å². The van der Waals surface area contributed by atoms with Gasteiger partial charge in [-0.15, -0.1) is 0 Å². The first kappa shape index (κ1) is 11.5. The summed E-state index contributed by atoms with van der Waals surface area (Å²) in [6.07, 6.45) is -0.0261. The van der Waals surface area contributed by atoms with Crippen LogP contribution in [0.25, 0.3) is 11.0 Å². The van der Waals surface area contributed by atoms with E-state index in [0.717, 1.165) is 29.7 Å². The van der Waals surface area contributed by atoms with E-state index in [0.29, 0.717) is 6.61 Å². The molecule has 2 atom stereocenters. The summed E-state index contributed by atoms with van der Waals surface area (Å²) in [5.41, 5.74) is 8.53. The first-order chi connectivity index (χ1) is 8.74. The molecule has 18 heavy (non-hydrogen) atoms. The molecule has 5 N–H and O–H groups in total. The van der Waals surface area contributed by atoms with Crippen molar-refractivity contribution in [2.45, 2.75) is 12.1 Å². The molecule has 96 valence electrons. The summed E-state index contributed by atoms with van der Waals surface area (Å²) in [5, 5.41) is 3.26. The van der Waals surface area contributed by atoms with Crippen molar-refractivity contribution in [2.24, 2.45) is 5.73 Å². The number of rotatable bonds is 2. The van der Waals surface area contributed by atoms with Gasteiger partial charge in [-0.2, -0.15) is 0 Å². The van der Waals surface area contributed by atoms with Gasteiger partial charge in [0.2, 0.25) is 0 Å². The van der Waals surface area contributed by atoms with Gasteiger partial charge in [-0.25, -0.2) is 4.79 Å². The molecule has 0 saturated carbocycles. The monoisotopic (exact) mass is 248 g/mol. The van der Waals surface area contributed by atoms with Crippen LogP contribution >= 0.6 is 0 Å². The first-order valence-electron chi connectivity index (χ1n) is 6.04. The minimum absolute atomic E-state index is 0.0261. The molecular weight excluding hydrogens is 232 g/mol. The van der Waals surface area contributed by atoms with E-state index in [9.17, 15) is 4.79 Å². The molecule has 6 nitrogen and oxygen atoms in total. The zero-order chi connectivity index (χ0) is 12.5. The van der Waals surface area contributed by atoms with Gasteiger partial charge in [-0.1, -0.05) is 6.07 Å². The van der Waals surface area contributed by atoms with Crippen molar-refractivity contribution in [1.82, 2.24) is 15.3 Å². The van der Waals surface area contributed by atoms with Crippen molar-refractivity contribution in [2.75, 3.05) is 19.7 Å². The van der Waals surface area contributed by atoms with Gasteiger partial charge in [0.15, 0.2) is 0 Å². The second-order valence-corrected chi connectivity index (χ2v) is 4.52. The minimum Gasteiger partial charge on any atom is -0.374 e. The van der Waals surface area contributed by atoms with Crippen LogP contribution in [-0.4, -0.2) is 35.8 Å². The molecule has 1 aromatic heterocycles. The van der Waals surface area contributed by atoms with Crippen LogP contribution in [0.2, 0.25) is 0 Å². The predicted octanol–water partition coefficient (Wildman–Crippen LogP) is -0.156. The van der Waals surface area contributed by atoms with Crippen molar-refractivity contribution >= 4 is 11.0 Å². The maximum Gasteiger partial charge on any atom is 0.323 e. The smallest absolute Gasteiger partial charge is 0.323 e. The summed E-state index contributed by atoms with van der Waals surface area (Å²) < 4.78 is 5.64. The van der Waals surface area contributed by atoms with Crippen LogP contribution in [0.1, 0.15) is 11.6 Å². The van der Waals surface area contributed by atoms with E-state index in [-0.39, 0.29) is 17.8 Å². The molecule has 1 saturated heterocycles. The number of imidazole rings is 1. The molecule has 1 fully saturated rings. The second kappa shape index (κ2) is 4.56. The van der Waals surface area contributed by atoms with Crippen LogP contribution in [0, 0.1) is 0 Å². The molecule has 2 heterocycles. The SMILES string of the molecule is NC(c1ccc2[nH]c(=O)[nH]c2c1)C1CNCCO1. The maximum absolute atomic E-state index is 11.2. The Morgan fingerprint density at radius 3 is 2.94 bits per heavy atom. The molecule has 1 aliphatic heterocycles. The highest BCUT2D eigenvalue weighted by Gasteiger charge is 2.22. The van der Waals surface area contributed by atoms with E-state index in [2.05, 4.69) is 15.3 Å². The van der Waals surface area contributed by atoms with Gasteiger partial charge in [0.05, 0.1) is 29.8 Å². The third kappa shape index (κ3) is 2.05. The number of hydrogen-bond acceptors (Lipinski definition) is 4. The molecule has 0 amide bonds. The standard InChI is InChI=1S/C12H16N4O2/c13-11(10-6-14-3-4-18-10)7-1-2-8-9(5-7)16-12(17)15-8/h1-2,5,10-11,14H,3-4,6,13H2,(H2,15,16,17). The maximum atomic E-state index is 11.2. The summed E-state index contributed by atoms with van der Waals surface area (Å²) in [6, 6.07) is 5.49. The van der Waals surface area contributed by atoms with Crippen LogP contribution in [0.4, 0.5) is 0 Å². The number of morpholine rings is 1.